The number of aromatic nitrogens is 1. The molecule has 0 radical (unpaired) electrons. The molecule has 2 aromatic carbocycles. The minimum absolute atomic E-state index is 0.182. The fourth-order valence-corrected chi connectivity index (χ4v) is 4.78. The van der Waals surface area contributed by atoms with E-state index in [1.54, 1.807) is 26.2 Å². The van der Waals surface area contributed by atoms with E-state index >= 15 is 0 Å². The number of methoxy groups -OCH3 is 1. The van der Waals surface area contributed by atoms with Gasteiger partial charge in [0.15, 0.2) is 11.5 Å². The summed E-state index contributed by atoms with van der Waals surface area (Å²) in [5.41, 5.74) is 2.51. The van der Waals surface area contributed by atoms with Gasteiger partial charge < -0.3 is 29.2 Å². The van der Waals surface area contributed by atoms with Crippen molar-refractivity contribution in [1.29, 1.82) is 0 Å². The number of fused-ring (bicyclic) bond motifs is 2. The number of ether oxygens (including phenoxy) is 4. The van der Waals surface area contributed by atoms with Crippen LogP contribution in [0.3, 0.4) is 0 Å². The lowest BCUT2D eigenvalue weighted by molar-refractivity contribution is -0.121. The molecule has 3 heterocycles. The van der Waals surface area contributed by atoms with Crippen molar-refractivity contribution in [3.63, 3.8) is 0 Å². The van der Waals surface area contributed by atoms with Crippen molar-refractivity contribution in [1.82, 2.24) is 14.8 Å². The molecule has 10 nitrogen and oxygen atoms in total. The lowest BCUT2D eigenvalue weighted by atomic mass is 10.1. The molecule has 1 amide bonds. The van der Waals surface area contributed by atoms with Crippen molar-refractivity contribution in [3.05, 3.63) is 47.7 Å². The van der Waals surface area contributed by atoms with Crippen LogP contribution in [0.5, 0.6) is 17.2 Å². The van der Waals surface area contributed by atoms with E-state index in [0.29, 0.717) is 22.3 Å². The van der Waals surface area contributed by atoms with Crippen molar-refractivity contribution in [2.45, 2.75) is 26.4 Å². The van der Waals surface area contributed by atoms with Gasteiger partial charge in [0, 0.05) is 43.6 Å². The molecule has 1 saturated heterocycles. The summed E-state index contributed by atoms with van der Waals surface area (Å²) >= 11 is 0. The summed E-state index contributed by atoms with van der Waals surface area (Å²) in [6.45, 7) is 8.14. The molecule has 1 atom stereocenters. The average molecular weight is 509 g/mol. The number of aromatic amines is 1. The number of hydrogen-bond donors (Lipinski definition) is 2. The highest BCUT2D eigenvalue weighted by Crippen LogP contribution is 2.33. The zero-order valence-corrected chi connectivity index (χ0v) is 21.3. The number of esters is 1. The van der Waals surface area contributed by atoms with Gasteiger partial charge >= 0.3 is 5.97 Å². The third-order valence-electron chi connectivity index (χ3n) is 6.91. The minimum Gasteiger partial charge on any atom is -0.497 e. The number of rotatable bonds is 8. The third-order valence-corrected chi connectivity index (χ3v) is 6.91. The van der Waals surface area contributed by atoms with Gasteiger partial charge in [-0.1, -0.05) is 6.07 Å². The Hall–Kier alpha value is -3.76. The van der Waals surface area contributed by atoms with Crippen LogP contribution in [0, 0.1) is 0 Å². The van der Waals surface area contributed by atoms with Gasteiger partial charge in [-0.2, -0.15) is 0 Å². The first-order valence-electron chi connectivity index (χ1n) is 12.5. The maximum atomic E-state index is 13.3. The number of carbonyl (C=O) groups is 2. The molecular formula is C27H32N4O6. The minimum atomic E-state index is -0.516. The first-order chi connectivity index (χ1) is 18.0. The highest BCUT2D eigenvalue weighted by Gasteiger charge is 2.28. The van der Waals surface area contributed by atoms with Crippen LogP contribution in [0.15, 0.2) is 36.4 Å². The van der Waals surface area contributed by atoms with E-state index in [9.17, 15) is 9.59 Å². The molecule has 0 spiro atoms. The molecule has 1 fully saturated rings. The number of nitrogens with one attached hydrogen (secondary N) is 2. The smallest absolute Gasteiger partial charge is 0.356 e. The number of anilines is 1. The van der Waals surface area contributed by atoms with Crippen LogP contribution < -0.4 is 19.5 Å². The fraction of sp³-hybridized carbons (Fsp3) is 0.407. The van der Waals surface area contributed by atoms with Crippen molar-refractivity contribution < 1.29 is 28.5 Å². The van der Waals surface area contributed by atoms with Crippen LogP contribution in [0.1, 0.15) is 29.9 Å². The molecule has 0 bridgehead atoms. The Morgan fingerprint density at radius 3 is 2.62 bits per heavy atom. The summed E-state index contributed by atoms with van der Waals surface area (Å²) in [6, 6.07) is 11.1. The number of hydrogen-bond acceptors (Lipinski definition) is 8. The van der Waals surface area contributed by atoms with Crippen molar-refractivity contribution in [3.8, 4) is 17.2 Å². The van der Waals surface area contributed by atoms with E-state index in [0.717, 1.165) is 44.2 Å². The van der Waals surface area contributed by atoms with Crippen molar-refractivity contribution in [2.24, 2.45) is 0 Å². The molecule has 1 aromatic heterocycles. The molecule has 2 N–H and O–H groups in total. The van der Waals surface area contributed by atoms with E-state index < -0.39 is 5.97 Å². The second kappa shape index (κ2) is 10.7. The van der Waals surface area contributed by atoms with E-state index in [4.69, 9.17) is 18.9 Å². The number of H-pyrrole nitrogens is 1. The van der Waals surface area contributed by atoms with E-state index in [2.05, 4.69) is 26.2 Å². The number of carbonyl (C=O) groups excluding carboxylic acids is 2. The van der Waals surface area contributed by atoms with E-state index in [1.165, 1.54) is 5.56 Å². The van der Waals surface area contributed by atoms with Crippen molar-refractivity contribution >= 4 is 28.5 Å². The summed E-state index contributed by atoms with van der Waals surface area (Å²) in [5.74, 6) is 1.51. The van der Waals surface area contributed by atoms with Gasteiger partial charge in [0.2, 0.25) is 12.7 Å². The lowest BCUT2D eigenvalue weighted by Crippen LogP contribution is -2.52. The van der Waals surface area contributed by atoms with Gasteiger partial charge in [0.1, 0.15) is 11.4 Å². The second-order valence-electron chi connectivity index (χ2n) is 9.17. The Labute approximate surface area is 215 Å². The van der Waals surface area contributed by atoms with Gasteiger partial charge in [-0.25, -0.2) is 4.79 Å². The molecule has 0 saturated carbocycles. The largest absolute Gasteiger partial charge is 0.497 e. The predicted molar refractivity (Wildman–Crippen MR) is 138 cm³/mol. The lowest BCUT2D eigenvalue weighted by Gasteiger charge is -2.37. The fourth-order valence-electron chi connectivity index (χ4n) is 4.78. The molecule has 5 rings (SSSR count). The summed E-state index contributed by atoms with van der Waals surface area (Å²) < 4.78 is 21.5. The highest BCUT2D eigenvalue weighted by molar-refractivity contribution is 6.12. The van der Waals surface area contributed by atoms with Gasteiger partial charge in [-0.3, -0.25) is 14.6 Å². The maximum absolute atomic E-state index is 13.3. The SMILES string of the molecule is CCOC(=O)c1[nH]c2ccc(OC)cc2c1NC(=O)[C@H](C)N1CCN(Cc2ccc3c(c2)OCO3)CC1. The normalized spacial score (nSPS) is 16.5. The van der Waals surface area contributed by atoms with Crippen LogP contribution in [0.25, 0.3) is 10.9 Å². The summed E-state index contributed by atoms with van der Waals surface area (Å²) in [4.78, 5) is 33.6. The quantitative estimate of drug-likeness (QED) is 0.447. The van der Waals surface area contributed by atoms with Crippen LogP contribution in [-0.4, -0.2) is 79.4 Å². The molecule has 2 aliphatic heterocycles. The van der Waals surface area contributed by atoms with Crippen molar-refractivity contribution in [2.75, 3.05) is 52.0 Å². The van der Waals surface area contributed by atoms with Gasteiger partial charge in [-0.15, -0.1) is 0 Å². The monoisotopic (exact) mass is 508 g/mol. The summed E-state index contributed by atoms with van der Waals surface area (Å²) in [5, 5.41) is 3.68. The molecule has 0 unspecified atom stereocenters. The Balaban J connectivity index is 1.24. The third kappa shape index (κ3) is 5.21. The molecule has 196 valence electrons. The number of nitrogens with zero attached hydrogens (tertiary/aromatic N) is 2. The zero-order valence-electron chi connectivity index (χ0n) is 21.3. The zero-order chi connectivity index (χ0) is 25.9. The summed E-state index contributed by atoms with van der Waals surface area (Å²) in [7, 11) is 1.58. The number of benzene rings is 2. The maximum Gasteiger partial charge on any atom is 0.356 e. The Kier molecular flexibility index (Phi) is 7.20. The second-order valence-corrected chi connectivity index (χ2v) is 9.17. The van der Waals surface area contributed by atoms with Gasteiger partial charge in [0.25, 0.3) is 0 Å². The standard InChI is InChI=1S/C27H32N4O6/c1-4-35-27(33)25-24(20-14-19(34-3)6-7-21(20)28-25)29-26(32)17(2)31-11-9-30(10-12-31)15-18-5-8-22-23(13-18)37-16-36-22/h5-8,13-14,17,28H,4,9-12,15-16H2,1-3H3,(H,29,32)/t17-/m0/s1. The topological polar surface area (TPSA) is 105 Å². The first kappa shape index (κ1) is 24.9. The van der Waals surface area contributed by atoms with Crippen LogP contribution in [0.2, 0.25) is 0 Å². The summed E-state index contributed by atoms with van der Waals surface area (Å²) in [6.07, 6.45) is 0. The van der Waals surface area contributed by atoms with Gasteiger partial charge in [-0.05, 0) is 49.7 Å². The average Bonchev–Trinajstić information content (AvgIpc) is 3.53. The predicted octanol–water partition coefficient (Wildman–Crippen LogP) is 3.23. The number of amides is 1. The highest BCUT2D eigenvalue weighted by atomic mass is 16.7. The van der Waals surface area contributed by atoms with Crippen LogP contribution >= 0.6 is 0 Å². The molecule has 3 aromatic rings. The molecule has 2 aliphatic rings. The van der Waals surface area contributed by atoms with E-state index in [1.807, 2.05) is 25.1 Å². The Morgan fingerprint density at radius 2 is 1.86 bits per heavy atom. The van der Waals surface area contributed by atoms with E-state index in [-0.39, 0.29) is 31.0 Å². The molecule has 37 heavy (non-hydrogen) atoms. The Bertz CT molecular complexity index is 1300. The molecular weight excluding hydrogens is 476 g/mol. The van der Waals surface area contributed by atoms with Gasteiger partial charge in [0.05, 0.1) is 25.4 Å². The number of piperazine rings is 1. The molecule has 10 heteroatoms. The first-order valence-corrected chi connectivity index (χ1v) is 12.5. The molecule has 0 aliphatic carbocycles. The van der Waals surface area contributed by atoms with Crippen LogP contribution in [-0.2, 0) is 16.1 Å². The Morgan fingerprint density at radius 1 is 1.08 bits per heavy atom. The van der Waals surface area contributed by atoms with Crippen LogP contribution in [0.4, 0.5) is 5.69 Å².